The SMILES string of the molecule is CCCCC/C([O-])=C/[C@@H](CC/C=C/C(C)=O)N=C(N)N. The van der Waals surface area contributed by atoms with Crippen molar-refractivity contribution < 1.29 is 9.90 Å². The average Bonchev–Trinajstić information content (AvgIpc) is 2.33. The summed E-state index contributed by atoms with van der Waals surface area (Å²) in [5.41, 5.74) is 10.7. The molecule has 0 unspecified atom stereocenters. The van der Waals surface area contributed by atoms with Crippen LogP contribution in [0.25, 0.3) is 0 Å². The fourth-order valence-corrected chi connectivity index (χ4v) is 1.74. The number of ketones is 1. The highest BCUT2D eigenvalue weighted by molar-refractivity contribution is 5.87. The monoisotopic (exact) mass is 280 g/mol. The van der Waals surface area contributed by atoms with Gasteiger partial charge in [-0.2, -0.15) is 0 Å². The lowest BCUT2D eigenvalue weighted by Crippen LogP contribution is -2.25. The van der Waals surface area contributed by atoms with Crippen molar-refractivity contribution in [1.29, 1.82) is 0 Å². The summed E-state index contributed by atoms with van der Waals surface area (Å²) in [6, 6.07) is -0.314. The maximum atomic E-state index is 11.8. The topological polar surface area (TPSA) is 105 Å². The normalized spacial score (nSPS) is 13.4. The van der Waals surface area contributed by atoms with E-state index < -0.39 is 0 Å². The molecule has 0 heterocycles. The highest BCUT2D eigenvalue weighted by atomic mass is 16.3. The first-order valence-corrected chi connectivity index (χ1v) is 7.09. The fraction of sp³-hybridized carbons (Fsp3) is 0.600. The molecule has 114 valence electrons. The Morgan fingerprint density at radius 1 is 1.35 bits per heavy atom. The lowest BCUT2D eigenvalue weighted by atomic mass is 10.1. The molecule has 5 nitrogen and oxygen atoms in total. The first-order chi connectivity index (χ1) is 9.45. The van der Waals surface area contributed by atoms with Gasteiger partial charge in [0.15, 0.2) is 11.7 Å². The standard InChI is InChI=1S/C15H27N3O2/c1-3-4-5-10-14(20)11-13(18-15(16)17)9-7-6-8-12(2)19/h6,8,11,13,20H,3-5,7,9-10H2,1-2H3,(H4,16,17,18)/p-1/b8-6+,14-11-/t13-/m1/s1. The number of rotatable bonds is 10. The molecule has 0 fully saturated rings. The Morgan fingerprint density at radius 3 is 2.60 bits per heavy atom. The van der Waals surface area contributed by atoms with Crippen LogP contribution in [0.5, 0.6) is 0 Å². The van der Waals surface area contributed by atoms with Crippen LogP contribution in [0.2, 0.25) is 0 Å². The van der Waals surface area contributed by atoms with Crippen molar-refractivity contribution >= 4 is 11.7 Å². The minimum absolute atomic E-state index is 0.00279. The number of hydrogen-bond acceptors (Lipinski definition) is 3. The van der Waals surface area contributed by atoms with Crippen LogP contribution < -0.4 is 16.6 Å². The van der Waals surface area contributed by atoms with Gasteiger partial charge in [0.05, 0.1) is 6.04 Å². The molecule has 0 rings (SSSR count). The number of nitrogens with zero attached hydrogens (tertiary/aromatic N) is 1. The van der Waals surface area contributed by atoms with Crippen LogP contribution in [-0.2, 0) is 4.79 Å². The molecule has 0 aliphatic carbocycles. The zero-order valence-corrected chi connectivity index (χ0v) is 12.5. The molecule has 0 saturated carbocycles. The first kappa shape index (κ1) is 18.2. The Kier molecular flexibility index (Phi) is 10.1. The van der Waals surface area contributed by atoms with E-state index in [1.165, 1.54) is 13.0 Å². The van der Waals surface area contributed by atoms with Crippen molar-refractivity contribution in [2.24, 2.45) is 16.5 Å². The number of guanidine groups is 1. The largest absolute Gasteiger partial charge is 0.876 e. The van der Waals surface area contributed by atoms with Gasteiger partial charge >= 0.3 is 0 Å². The van der Waals surface area contributed by atoms with E-state index in [1.54, 1.807) is 12.2 Å². The molecule has 4 N–H and O–H groups in total. The van der Waals surface area contributed by atoms with Gasteiger partial charge in [-0.15, -0.1) is 5.76 Å². The van der Waals surface area contributed by atoms with Crippen molar-refractivity contribution in [1.82, 2.24) is 0 Å². The van der Waals surface area contributed by atoms with Crippen LogP contribution in [0.3, 0.4) is 0 Å². The minimum atomic E-state index is -0.314. The summed E-state index contributed by atoms with van der Waals surface area (Å²) in [6.45, 7) is 3.59. The Bertz CT molecular complexity index is 369. The lowest BCUT2D eigenvalue weighted by Gasteiger charge is -2.15. The third kappa shape index (κ3) is 11.3. The number of allylic oxidation sites excluding steroid dienone is 3. The molecule has 1 atom stereocenters. The summed E-state index contributed by atoms with van der Waals surface area (Å²) >= 11 is 0. The zero-order chi connectivity index (χ0) is 15.4. The van der Waals surface area contributed by atoms with Crippen molar-refractivity contribution in [3.63, 3.8) is 0 Å². The van der Waals surface area contributed by atoms with Crippen LogP contribution in [0.1, 0.15) is 52.4 Å². The second-order valence-corrected chi connectivity index (χ2v) is 4.80. The predicted octanol–water partition coefficient (Wildman–Crippen LogP) is 1.38. The number of aliphatic imine (C=N–C) groups is 1. The molecular formula is C15H26N3O2-. The highest BCUT2D eigenvalue weighted by Crippen LogP contribution is 2.10. The zero-order valence-electron chi connectivity index (χ0n) is 12.5. The quantitative estimate of drug-likeness (QED) is 0.207. The summed E-state index contributed by atoms with van der Waals surface area (Å²) in [6.07, 6.45) is 9.69. The number of carbonyl (C=O) groups is 1. The molecule has 0 aliphatic heterocycles. The van der Waals surface area contributed by atoms with Crippen molar-refractivity contribution in [2.75, 3.05) is 0 Å². The van der Waals surface area contributed by atoms with Crippen molar-refractivity contribution in [2.45, 2.75) is 58.4 Å². The Hall–Kier alpha value is -1.78. The van der Waals surface area contributed by atoms with Crippen LogP contribution in [-0.4, -0.2) is 17.8 Å². The van der Waals surface area contributed by atoms with Crippen LogP contribution in [0.15, 0.2) is 29.0 Å². The molecule has 0 aromatic rings. The smallest absolute Gasteiger partial charge is 0.186 e. The minimum Gasteiger partial charge on any atom is -0.876 e. The fourth-order valence-electron chi connectivity index (χ4n) is 1.74. The lowest BCUT2D eigenvalue weighted by molar-refractivity contribution is -0.307. The number of unbranched alkanes of at least 4 members (excludes halogenated alkanes) is 2. The van der Waals surface area contributed by atoms with E-state index >= 15 is 0 Å². The van der Waals surface area contributed by atoms with E-state index in [-0.39, 0.29) is 23.5 Å². The van der Waals surface area contributed by atoms with Crippen molar-refractivity contribution in [3.8, 4) is 0 Å². The van der Waals surface area contributed by atoms with Gasteiger partial charge in [0.25, 0.3) is 0 Å². The van der Waals surface area contributed by atoms with E-state index in [0.717, 1.165) is 19.3 Å². The third-order valence-corrected chi connectivity index (χ3v) is 2.70. The van der Waals surface area contributed by atoms with Gasteiger partial charge in [0.2, 0.25) is 0 Å². The second kappa shape index (κ2) is 11.1. The van der Waals surface area contributed by atoms with E-state index in [2.05, 4.69) is 11.9 Å². The van der Waals surface area contributed by atoms with Crippen molar-refractivity contribution in [3.05, 3.63) is 24.0 Å². The summed E-state index contributed by atoms with van der Waals surface area (Å²) in [5.74, 6) is 0.0511. The molecule has 0 aromatic carbocycles. The van der Waals surface area contributed by atoms with Gasteiger partial charge in [0, 0.05) is 0 Å². The summed E-state index contributed by atoms with van der Waals surface area (Å²) in [5, 5.41) is 11.8. The van der Waals surface area contributed by atoms with E-state index in [9.17, 15) is 9.90 Å². The Labute approximate surface area is 121 Å². The van der Waals surface area contributed by atoms with Crippen LogP contribution in [0, 0.1) is 0 Å². The number of carbonyl (C=O) groups excluding carboxylic acids is 1. The molecule has 0 bridgehead atoms. The molecular weight excluding hydrogens is 254 g/mol. The predicted molar refractivity (Wildman–Crippen MR) is 80.9 cm³/mol. The van der Waals surface area contributed by atoms with Gasteiger partial charge in [-0.1, -0.05) is 38.3 Å². The highest BCUT2D eigenvalue weighted by Gasteiger charge is 2.02. The third-order valence-electron chi connectivity index (χ3n) is 2.70. The number of hydrogen-bond donors (Lipinski definition) is 2. The maximum absolute atomic E-state index is 11.8. The molecule has 0 saturated heterocycles. The molecule has 0 spiro atoms. The summed E-state index contributed by atoms with van der Waals surface area (Å²) in [7, 11) is 0. The second-order valence-electron chi connectivity index (χ2n) is 4.80. The van der Waals surface area contributed by atoms with E-state index in [1.807, 2.05) is 0 Å². The van der Waals surface area contributed by atoms with Crippen LogP contribution >= 0.6 is 0 Å². The Balaban J connectivity index is 4.44. The molecule has 0 radical (unpaired) electrons. The first-order valence-electron chi connectivity index (χ1n) is 7.09. The Morgan fingerprint density at radius 2 is 2.05 bits per heavy atom. The van der Waals surface area contributed by atoms with Gasteiger partial charge < -0.3 is 16.6 Å². The number of nitrogens with two attached hydrogens (primary N) is 2. The summed E-state index contributed by atoms with van der Waals surface area (Å²) < 4.78 is 0. The van der Waals surface area contributed by atoms with Crippen LogP contribution in [0.4, 0.5) is 0 Å². The molecule has 0 amide bonds. The van der Waals surface area contributed by atoms with E-state index in [0.29, 0.717) is 19.3 Å². The van der Waals surface area contributed by atoms with Gasteiger partial charge in [-0.3, -0.25) is 4.79 Å². The summed E-state index contributed by atoms with van der Waals surface area (Å²) in [4.78, 5) is 14.8. The van der Waals surface area contributed by atoms with Gasteiger partial charge in [-0.25, -0.2) is 4.99 Å². The molecule has 0 aliphatic rings. The van der Waals surface area contributed by atoms with Gasteiger partial charge in [-0.05, 0) is 32.3 Å². The molecule has 5 heteroatoms. The molecule has 0 aromatic heterocycles. The average molecular weight is 280 g/mol. The van der Waals surface area contributed by atoms with Gasteiger partial charge in [0.1, 0.15) is 0 Å². The molecule has 20 heavy (non-hydrogen) atoms. The van der Waals surface area contributed by atoms with E-state index in [4.69, 9.17) is 11.5 Å². The maximum Gasteiger partial charge on any atom is 0.186 e.